The van der Waals surface area contributed by atoms with E-state index in [-0.39, 0.29) is 0 Å². The number of rotatable bonds is 6. The maximum absolute atomic E-state index is 7.08. The van der Waals surface area contributed by atoms with Crippen LogP contribution in [0.4, 0.5) is 17.1 Å². The Morgan fingerprint density at radius 1 is 0.414 bits per heavy atom. The van der Waals surface area contributed by atoms with Gasteiger partial charge in [0.15, 0.2) is 0 Å². The van der Waals surface area contributed by atoms with Crippen LogP contribution >= 0.6 is 11.3 Å². The molecule has 0 unspecified atom stereocenters. The molecule has 2 nitrogen and oxygen atoms in total. The predicted octanol–water partition coefficient (Wildman–Crippen LogP) is 15.5. The minimum atomic E-state index is -0.664. The summed E-state index contributed by atoms with van der Waals surface area (Å²) in [6, 6.07) is 77.4. The number of nitrogens with zero attached hydrogens (tertiary/aromatic N) is 1. The van der Waals surface area contributed by atoms with E-state index in [0.717, 1.165) is 44.6 Å². The Bertz CT molecular complexity index is 3300. The fourth-order valence-electron chi connectivity index (χ4n) is 9.67. The average Bonchev–Trinajstić information content (AvgIpc) is 3.96. The zero-order valence-electron chi connectivity index (χ0n) is 31.5. The van der Waals surface area contributed by atoms with Crippen LogP contribution in [0.2, 0.25) is 0 Å². The first-order valence-electron chi connectivity index (χ1n) is 19.8. The van der Waals surface area contributed by atoms with Crippen LogP contribution in [0.1, 0.15) is 22.3 Å². The molecule has 3 heteroatoms. The van der Waals surface area contributed by atoms with E-state index in [2.05, 4.69) is 217 Å². The van der Waals surface area contributed by atoms with Gasteiger partial charge in [-0.3, -0.25) is 0 Å². The number of anilines is 3. The molecule has 12 rings (SSSR count). The number of fused-ring (bicyclic) bond motifs is 9. The molecule has 0 fully saturated rings. The number of benzene rings is 9. The Morgan fingerprint density at radius 2 is 1.02 bits per heavy atom. The Kier molecular flexibility index (Phi) is 7.35. The van der Waals surface area contributed by atoms with E-state index in [9.17, 15) is 0 Å². The number of thiophene rings is 1. The molecule has 0 spiro atoms. The van der Waals surface area contributed by atoms with Gasteiger partial charge in [-0.25, -0.2) is 0 Å². The van der Waals surface area contributed by atoms with Crippen LogP contribution in [-0.4, -0.2) is 0 Å². The lowest BCUT2D eigenvalue weighted by atomic mass is 9.67. The molecule has 0 radical (unpaired) electrons. The third kappa shape index (κ3) is 4.78. The van der Waals surface area contributed by atoms with Gasteiger partial charge in [-0.1, -0.05) is 170 Å². The van der Waals surface area contributed by atoms with E-state index in [1.165, 1.54) is 59.1 Å². The van der Waals surface area contributed by atoms with Gasteiger partial charge in [0, 0.05) is 43.2 Å². The van der Waals surface area contributed by atoms with Crippen molar-refractivity contribution in [3.05, 3.63) is 235 Å². The van der Waals surface area contributed by atoms with E-state index < -0.39 is 5.41 Å². The lowest BCUT2D eigenvalue weighted by Gasteiger charge is -2.35. The summed E-state index contributed by atoms with van der Waals surface area (Å²) in [7, 11) is 0. The Hall–Kier alpha value is -7.20. The molecule has 9 aromatic carbocycles. The monoisotopic (exact) mass is 757 g/mol. The standard InChI is InChI=1S/C55H35NOS/c1-3-16-36(17-4-1)37-30-32-39(33-31-37)56(50-27-15-24-45-44-23-10-14-29-52(44)58-54(45)50)40-34-46-43-22-9-13-28-51(43)57-53(46)49(35-40)55(38-18-5-2-6-19-38)47-25-11-7-20-41(47)42-21-8-12-26-48(42)55/h1-35H. The van der Waals surface area contributed by atoms with Crippen LogP contribution in [0.15, 0.2) is 217 Å². The fraction of sp³-hybridized carbons (Fsp3) is 0.0182. The molecule has 0 amide bonds. The molecule has 58 heavy (non-hydrogen) atoms. The molecule has 1 aliphatic rings. The van der Waals surface area contributed by atoms with Crippen LogP contribution < -0.4 is 4.90 Å². The predicted molar refractivity (Wildman–Crippen MR) is 244 cm³/mol. The molecule has 0 bridgehead atoms. The van der Waals surface area contributed by atoms with Gasteiger partial charge in [0.2, 0.25) is 0 Å². The van der Waals surface area contributed by atoms with E-state index in [1.54, 1.807) is 0 Å². The van der Waals surface area contributed by atoms with Gasteiger partial charge >= 0.3 is 0 Å². The van der Waals surface area contributed by atoms with Crippen LogP contribution in [0.25, 0.3) is 64.4 Å². The molecule has 2 aromatic heterocycles. The van der Waals surface area contributed by atoms with Crippen LogP contribution in [0, 0.1) is 0 Å². The lowest BCUT2D eigenvalue weighted by Crippen LogP contribution is -2.29. The van der Waals surface area contributed by atoms with Crippen molar-refractivity contribution in [2.45, 2.75) is 5.41 Å². The first-order chi connectivity index (χ1) is 28.8. The number of hydrogen-bond acceptors (Lipinski definition) is 3. The Morgan fingerprint density at radius 3 is 1.78 bits per heavy atom. The molecular weight excluding hydrogens is 723 g/mol. The first kappa shape index (κ1) is 33.0. The molecular formula is C55H35NOS. The van der Waals surface area contributed by atoms with Crippen molar-refractivity contribution < 1.29 is 4.42 Å². The summed E-state index contributed by atoms with van der Waals surface area (Å²) in [5, 5.41) is 4.74. The van der Waals surface area contributed by atoms with E-state index in [0.29, 0.717) is 0 Å². The number of para-hydroxylation sites is 1. The molecule has 0 aliphatic heterocycles. The van der Waals surface area contributed by atoms with Crippen molar-refractivity contribution >= 4 is 70.5 Å². The first-order valence-corrected chi connectivity index (χ1v) is 20.7. The summed E-state index contributed by atoms with van der Waals surface area (Å²) >= 11 is 1.86. The van der Waals surface area contributed by atoms with Gasteiger partial charge in [-0.15, -0.1) is 11.3 Å². The van der Waals surface area contributed by atoms with Gasteiger partial charge in [0.1, 0.15) is 11.2 Å². The van der Waals surface area contributed by atoms with Crippen molar-refractivity contribution in [2.24, 2.45) is 0 Å². The maximum atomic E-state index is 7.08. The Labute approximate surface area is 340 Å². The highest BCUT2D eigenvalue weighted by Gasteiger charge is 2.48. The fourth-order valence-corrected chi connectivity index (χ4v) is 10.9. The molecule has 272 valence electrons. The Balaban J connectivity index is 1.22. The average molecular weight is 758 g/mol. The smallest absolute Gasteiger partial charge is 0.140 e. The topological polar surface area (TPSA) is 16.4 Å². The molecule has 0 N–H and O–H groups in total. The van der Waals surface area contributed by atoms with Crippen LogP contribution in [0.5, 0.6) is 0 Å². The number of furan rings is 1. The summed E-state index contributed by atoms with van der Waals surface area (Å²) in [4.78, 5) is 2.47. The largest absolute Gasteiger partial charge is 0.456 e. The van der Waals surface area contributed by atoms with Crippen LogP contribution in [0.3, 0.4) is 0 Å². The second kappa shape index (κ2) is 12.9. The van der Waals surface area contributed by atoms with Gasteiger partial charge < -0.3 is 9.32 Å². The second-order valence-corrected chi connectivity index (χ2v) is 16.2. The van der Waals surface area contributed by atoms with Gasteiger partial charge in [0.25, 0.3) is 0 Å². The summed E-state index contributed by atoms with van der Waals surface area (Å²) in [5.74, 6) is 0. The van der Waals surface area contributed by atoms with Gasteiger partial charge in [-0.2, -0.15) is 0 Å². The summed E-state index contributed by atoms with van der Waals surface area (Å²) in [5.41, 5.74) is 14.1. The summed E-state index contributed by atoms with van der Waals surface area (Å²) in [6.45, 7) is 0. The summed E-state index contributed by atoms with van der Waals surface area (Å²) in [6.07, 6.45) is 0. The minimum absolute atomic E-state index is 0.664. The van der Waals surface area contributed by atoms with Crippen molar-refractivity contribution in [2.75, 3.05) is 4.90 Å². The zero-order chi connectivity index (χ0) is 38.2. The van der Waals surface area contributed by atoms with Crippen LogP contribution in [-0.2, 0) is 5.41 Å². The zero-order valence-corrected chi connectivity index (χ0v) is 32.3. The number of hydrogen-bond donors (Lipinski definition) is 0. The van der Waals surface area contributed by atoms with Gasteiger partial charge in [-0.05, 0) is 81.4 Å². The van der Waals surface area contributed by atoms with Crippen molar-refractivity contribution in [3.8, 4) is 22.3 Å². The highest BCUT2D eigenvalue weighted by Crippen LogP contribution is 2.59. The lowest BCUT2D eigenvalue weighted by molar-refractivity contribution is 0.648. The molecule has 0 atom stereocenters. The van der Waals surface area contributed by atoms with Gasteiger partial charge in [0.05, 0.1) is 15.8 Å². The van der Waals surface area contributed by atoms with E-state index in [1.807, 2.05) is 11.3 Å². The quantitative estimate of drug-likeness (QED) is 0.168. The molecule has 1 aliphatic carbocycles. The highest BCUT2D eigenvalue weighted by molar-refractivity contribution is 7.26. The van der Waals surface area contributed by atoms with E-state index >= 15 is 0 Å². The minimum Gasteiger partial charge on any atom is -0.456 e. The third-order valence-electron chi connectivity index (χ3n) is 12.1. The van der Waals surface area contributed by atoms with Crippen molar-refractivity contribution in [1.29, 1.82) is 0 Å². The molecule has 11 aromatic rings. The third-order valence-corrected chi connectivity index (χ3v) is 13.4. The highest BCUT2D eigenvalue weighted by atomic mass is 32.1. The van der Waals surface area contributed by atoms with Crippen molar-refractivity contribution in [1.82, 2.24) is 0 Å². The van der Waals surface area contributed by atoms with Crippen molar-refractivity contribution in [3.63, 3.8) is 0 Å². The SMILES string of the molecule is c1ccc(-c2ccc(N(c3cc(C4(c5ccccc5)c5ccccc5-c5ccccc54)c4oc5ccccc5c4c3)c3cccc4c3sc3ccccc34)cc2)cc1. The molecule has 2 heterocycles. The molecule has 0 saturated heterocycles. The molecule has 0 saturated carbocycles. The maximum Gasteiger partial charge on any atom is 0.140 e. The van der Waals surface area contributed by atoms with E-state index in [4.69, 9.17) is 4.42 Å². The normalized spacial score (nSPS) is 13.0. The summed E-state index contributed by atoms with van der Waals surface area (Å²) < 4.78 is 9.61. The second-order valence-electron chi connectivity index (χ2n) is 15.2.